The molecule has 1 rings (SSSR count). The molecule has 94 valence electrons. The zero-order valence-electron chi connectivity index (χ0n) is 9.89. The Balaban J connectivity index is 3.15. The van der Waals surface area contributed by atoms with Crippen molar-refractivity contribution < 1.29 is 8.42 Å². The van der Waals surface area contributed by atoms with Gasteiger partial charge in [-0.1, -0.05) is 24.4 Å². The second-order valence-corrected chi connectivity index (χ2v) is 6.11. The van der Waals surface area contributed by atoms with Gasteiger partial charge in [-0.15, -0.1) is 0 Å². The van der Waals surface area contributed by atoms with Crippen LogP contribution in [0.5, 0.6) is 0 Å². The Morgan fingerprint density at radius 3 is 2.47 bits per heavy atom. The first kappa shape index (κ1) is 13.9. The van der Waals surface area contributed by atoms with Crippen molar-refractivity contribution in [1.82, 2.24) is 4.31 Å². The van der Waals surface area contributed by atoms with E-state index < -0.39 is 10.2 Å². The topological polar surface area (TPSA) is 75.4 Å². The minimum absolute atomic E-state index is 0.232. The van der Waals surface area contributed by atoms with Crippen molar-refractivity contribution in [3.8, 4) is 0 Å². The molecule has 1 aromatic carbocycles. The van der Waals surface area contributed by atoms with Crippen LogP contribution in [0.4, 0.5) is 5.69 Å². The predicted molar refractivity (Wildman–Crippen MR) is 73.3 cm³/mol. The molecule has 0 atom stereocenters. The van der Waals surface area contributed by atoms with E-state index in [2.05, 4.69) is 4.72 Å². The van der Waals surface area contributed by atoms with Crippen LogP contribution in [0.3, 0.4) is 0 Å². The van der Waals surface area contributed by atoms with Gasteiger partial charge < -0.3 is 5.73 Å². The highest BCUT2D eigenvalue weighted by atomic mass is 32.2. The Morgan fingerprint density at radius 2 is 2.00 bits per heavy atom. The first-order valence-corrected chi connectivity index (χ1v) is 6.69. The lowest BCUT2D eigenvalue weighted by atomic mass is 10.1. The summed E-state index contributed by atoms with van der Waals surface area (Å²) in [5, 5.41) is 0. The van der Waals surface area contributed by atoms with Gasteiger partial charge >= 0.3 is 10.2 Å². The van der Waals surface area contributed by atoms with E-state index in [1.54, 1.807) is 25.1 Å². The number of anilines is 1. The maximum Gasteiger partial charge on any atom is 0.301 e. The average molecular weight is 273 g/mol. The molecule has 0 aromatic heterocycles. The number of thiocarbonyl (C=S) groups is 1. The number of nitrogens with two attached hydrogens (primary N) is 1. The van der Waals surface area contributed by atoms with Crippen molar-refractivity contribution in [3.05, 3.63) is 29.3 Å². The van der Waals surface area contributed by atoms with Crippen LogP contribution in [0.1, 0.15) is 11.1 Å². The van der Waals surface area contributed by atoms with Crippen LogP contribution in [-0.2, 0) is 10.2 Å². The fourth-order valence-corrected chi connectivity index (χ4v) is 1.92. The maximum absolute atomic E-state index is 11.7. The third kappa shape index (κ3) is 3.39. The van der Waals surface area contributed by atoms with Gasteiger partial charge in [-0.3, -0.25) is 4.72 Å². The largest absolute Gasteiger partial charge is 0.389 e. The highest BCUT2D eigenvalue weighted by molar-refractivity contribution is 7.90. The molecule has 0 aliphatic carbocycles. The molecule has 0 radical (unpaired) electrons. The van der Waals surface area contributed by atoms with Gasteiger partial charge in [0.2, 0.25) is 0 Å². The zero-order chi connectivity index (χ0) is 13.2. The van der Waals surface area contributed by atoms with Gasteiger partial charge in [-0.05, 0) is 18.6 Å². The van der Waals surface area contributed by atoms with Gasteiger partial charge in [0.15, 0.2) is 0 Å². The van der Waals surface area contributed by atoms with E-state index in [0.29, 0.717) is 11.3 Å². The standard InChI is InChI=1S/C10H15N3O2S2/c1-7-4-5-8(10(11)16)6-9(7)12-17(14,15)13(2)3/h4-6,12H,1-3H3,(H2,11,16). The minimum atomic E-state index is -3.52. The summed E-state index contributed by atoms with van der Waals surface area (Å²) in [5.41, 5.74) is 7.40. The molecule has 0 heterocycles. The van der Waals surface area contributed by atoms with Gasteiger partial charge in [-0.2, -0.15) is 12.7 Å². The fraction of sp³-hybridized carbons (Fsp3) is 0.300. The van der Waals surface area contributed by atoms with Gasteiger partial charge in [-0.25, -0.2) is 0 Å². The van der Waals surface area contributed by atoms with Crippen LogP contribution in [0, 0.1) is 6.92 Å². The molecular weight excluding hydrogens is 258 g/mol. The molecule has 0 amide bonds. The Hall–Kier alpha value is -1.18. The first-order chi connectivity index (χ1) is 7.74. The number of hydrogen-bond acceptors (Lipinski definition) is 3. The Bertz CT molecular complexity index is 538. The number of rotatable bonds is 4. The predicted octanol–water partition coefficient (Wildman–Crippen LogP) is 0.848. The summed E-state index contributed by atoms with van der Waals surface area (Å²) >= 11 is 4.85. The Kier molecular flexibility index (Phi) is 4.07. The Labute approximate surface area is 107 Å². The molecule has 3 N–H and O–H groups in total. The van der Waals surface area contributed by atoms with E-state index in [1.165, 1.54) is 14.1 Å². The molecule has 0 saturated carbocycles. The molecule has 17 heavy (non-hydrogen) atoms. The number of hydrogen-bond donors (Lipinski definition) is 2. The van der Waals surface area contributed by atoms with Crippen molar-refractivity contribution in [3.63, 3.8) is 0 Å². The molecule has 7 heteroatoms. The molecule has 0 unspecified atom stereocenters. The van der Waals surface area contributed by atoms with Crippen LogP contribution < -0.4 is 10.5 Å². The lowest BCUT2D eigenvalue weighted by Crippen LogP contribution is -2.29. The summed E-state index contributed by atoms with van der Waals surface area (Å²) in [6.45, 7) is 1.80. The molecule has 1 aromatic rings. The molecule has 0 saturated heterocycles. The molecule has 0 fully saturated rings. The number of benzene rings is 1. The zero-order valence-corrected chi connectivity index (χ0v) is 11.5. The lowest BCUT2D eigenvalue weighted by Gasteiger charge is -2.15. The number of nitrogens with zero attached hydrogens (tertiary/aromatic N) is 1. The first-order valence-electron chi connectivity index (χ1n) is 4.85. The van der Waals surface area contributed by atoms with Crippen LogP contribution >= 0.6 is 12.2 Å². The second kappa shape index (κ2) is 4.99. The summed E-state index contributed by atoms with van der Waals surface area (Å²) in [6.07, 6.45) is 0. The second-order valence-electron chi connectivity index (χ2n) is 3.78. The van der Waals surface area contributed by atoms with Gasteiger partial charge in [0.1, 0.15) is 4.99 Å². The monoisotopic (exact) mass is 273 g/mol. The average Bonchev–Trinajstić information content (AvgIpc) is 2.20. The SMILES string of the molecule is Cc1ccc(C(N)=S)cc1NS(=O)(=O)N(C)C. The fourth-order valence-electron chi connectivity index (χ4n) is 1.12. The van der Waals surface area contributed by atoms with E-state index >= 15 is 0 Å². The number of nitrogens with one attached hydrogen (secondary N) is 1. The summed E-state index contributed by atoms with van der Waals surface area (Å²) in [5.74, 6) is 0. The van der Waals surface area contributed by atoms with Crippen molar-refractivity contribution >= 4 is 33.1 Å². The van der Waals surface area contributed by atoms with Gasteiger partial charge in [0.05, 0.1) is 5.69 Å². The van der Waals surface area contributed by atoms with Crippen LogP contribution in [0.2, 0.25) is 0 Å². The lowest BCUT2D eigenvalue weighted by molar-refractivity contribution is 0.527. The van der Waals surface area contributed by atoms with E-state index in [0.717, 1.165) is 9.87 Å². The molecule has 5 nitrogen and oxygen atoms in total. The van der Waals surface area contributed by atoms with E-state index in [1.807, 2.05) is 0 Å². The van der Waals surface area contributed by atoms with Crippen LogP contribution in [0.25, 0.3) is 0 Å². The molecular formula is C10H15N3O2S2. The molecule has 0 aliphatic heterocycles. The quantitative estimate of drug-likeness (QED) is 0.797. The third-order valence-electron chi connectivity index (χ3n) is 2.24. The minimum Gasteiger partial charge on any atom is -0.389 e. The van der Waals surface area contributed by atoms with E-state index in [-0.39, 0.29) is 4.99 Å². The number of aryl methyl sites for hydroxylation is 1. The molecule has 0 aliphatic rings. The van der Waals surface area contributed by atoms with Crippen LogP contribution in [-0.4, -0.2) is 31.8 Å². The van der Waals surface area contributed by atoms with Crippen molar-refractivity contribution in [1.29, 1.82) is 0 Å². The normalized spacial score (nSPS) is 11.5. The maximum atomic E-state index is 11.7. The highest BCUT2D eigenvalue weighted by Gasteiger charge is 2.14. The van der Waals surface area contributed by atoms with E-state index in [9.17, 15) is 8.42 Å². The van der Waals surface area contributed by atoms with Gasteiger partial charge in [0.25, 0.3) is 0 Å². The van der Waals surface area contributed by atoms with Crippen molar-refractivity contribution in [2.45, 2.75) is 6.92 Å². The smallest absolute Gasteiger partial charge is 0.301 e. The summed E-state index contributed by atoms with van der Waals surface area (Å²) in [6, 6.07) is 5.14. The summed E-state index contributed by atoms with van der Waals surface area (Å²) < 4.78 is 26.9. The van der Waals surface area contributed by atoms with Crippen molar-refractivity contribution in [2.24, 2.45) is 5.73 Å². The van der Waals surface area contributed by atoms with Crippen molar-refractivity contribution in [2.75, 3.05) is 18.8 Å². The van der Waals surface area contributed by atoms with Gasteiger partial charge in [0, 0.05) is 19.7 Å². The summed E-state index contributed by atoms with van der Waals surface area (Å²) in [7, 11) is -0.610. The van der Waals surface area contributed by atoms with E-state index in [4.69, 9.17) is 18.0 Å². The summed E-state index contributed by atoms with van der Waals surface area (Å²) in [4.78, 5) is 0.232. The van der Waals surface area contributed by atoms with Crippen LogP contribution in [0.15, 0.2) is 18.2 Å². The highest BCUT2D eigenvalue weighted by Crippen LogP contribution is 2.18. The molecule has 0 bridgehead atoms. The third-order valence-corrected chi connectivity index (χ3v) is 3.92. The Morgan fingerprint density at radius 1 is 1.41 bits per heavy atom. The molecule has 0 spiro atoms.